The molecule has 0 amide bonds. The summed E-state index contributed by atoms with van der Waals surface area (Å²) in [5.41, 5.74) is 0. The number of pyridine rings is 1. The minimum Gasteiger partial charge on any atom is -0.472 e. The van der Waals surface area contributed by atoms with E-state index in [0.29, 0.717) is 5.88 Å². The number of nitrogens with one attached hydrogen (secondary N) is 1. The molecular formula is C17H22N4OS. The van der Waals surface area contributed by atoms with Crippen LogP contribution in [-0.2, 0) is 6.54 Å². The second kappa shape index (κ2) is 7.46. The highest BCUT2D eigenvalue weighted by Crippen LogP contribution is 2.17. The highest BCUT2D eigenvalue weighted by Gasteiger charge is 2.26. The zero-order valence-electron chi connectivity index (χ0n) is 13.5. The largest absolute Gasteiger partial charge is 0.472 e. The standard InChI is InChI=1S/C17H22N4OS/c1-13-6-7-15(23-13)11-20-17(18-2)21-10-8-14(12-21)22-16-5-3-4-9-19-16/h3-7,9,14H,8,10-12H2,1-2H3,(H,18,20). The van der Waals surface area contributed by atoms with E-state index < -0.39 is 0 Å². The molecule has 1 fully saturated rings. The van der Waals surface area contributed by atoms with E-state index in [1.54, 1.807) is 6.20 Å². The smallest absolute Gasteiger partial charge is 0.213 e. The lowest BCUT2D eigenvalue weighted by molar-refractivity contribution is 0.205. The molecule has 2 aromatic rings. The summed E-state index contributed by atoms with van der Waals surface area (Å²) in [5.74, 6) is 1.62. The number of likely N-dealkylation sites (tertiary alicyclic amines) is 1. The summed E-state index contributed by atoms with van der Waals surface area (Å²) in [4.78, 5) is 13.5. The van der Waals surface area contributed by atoms with Gasteiger partial charge in [0, 0.05) is 42.0 Å². The van der Waals surface area contributed by atoms with Crippen LogP contribution in [0.2, 0.25) is 0 Å². The number of thiophene rings is 1. The van der Waals surface area contributed by atoms with Crippen molar-refractivity contribution in [2.45, 2.75) is 26.0 Å². The van der Waals surface area contributed by atoms with Gasteiger partial charge in [0.2, 0.25) is 5.88 Å². The maximum absolute atomic E-state index is 5.93. The van der Waals surface area contributed by atoms with E-state index in [2.05, 4.69) is 39.2 Å². The molecule has 23 heavy (non-hydrogen) atoms. The molecule has 122 valence electrons. The van der Waals surface area contributed by atoms with E-state index in [-0.39, 0.29) is 6.10 Å². The highest BCUT2D eigenvalue weighted by molar-refractivity contribution is 7.11. The monoisotopic (exact) mass is 330 g/mol. The predicted octanol–water partition coefficient (Wildman–Crippen LogP) is 2.68. The average Bonchev–Trinajstić information content (AvgIpc) is 3.19. The summed E-state index contributed by atoms with van der Waals surface area (Å²) in [7, 11) is 1.83. The lowest BCUT2D eigenvalue weighted by Gasteiger charge is -2.21. The number of hydrogen-bond donors (Lipinski definition) is 1. The molecule has 1 unspecified atom stereocenters. The van der Waals surface area contributed by atoms with Crippen LogP contribution in [0.4, 0.5) is 0 Å². The Morgan fingerprint density at radius 1 is 1.43 bits per heavy atom. The van der Waals surface area contributed by atoms with Gasteiger partial charge in [0.15, 0.2) is 5.96 Å². The van der Waals surface area contributed by atoms with Crippen molar-refractivity contribution in [1.29, 1.82) is 0 Å². The van der Waals surface area contributed by atoms with Gasteiger partial charge < -0.3 is 15.0 Å². The van der Waals surface area contributed by atoms with Gasteiger partial charge in [-0.1, -0.05) is 6.07 Å². The van der Waals surface area contributed by atoms with Crippen molar-refractivity contribution < 1.29 is 4.74 Å². The van der Waals surface area contributed by atoms with Crippen molar-refractivity contribution in [2.24, 2.45) is 4.99 Å². The van der Waals surface area contributed by atoms with Crippen molar-refractivity contribution in [3.05, 3.63) is 46.3 Å². The van der Waals surface area contributed by atoms with Crippen LogP contribution in [0.15, 0.2) is 41.5 Å². The average molecular weight is 330 g/mol. The molecule has 0 saturated carbocycles. The summed E-state index contributed by atoms with van der Waals surface area (Å²) >= 11 is 1.82. The minimum atomic E-state index is 0.160. The topological polar surface area (TPSA) is 49.8 Å². The summed E-state index contributed by atoms with van der Waals surface area (Å²) in [5, 5.41) is 3.44. The van der Waals surface area contributed by atoms with E-state index in [1.807, 2.05) is 36.6 Å². The Bertz CT molecular complexity index is 656. The molecule has 2 aromatic heterocycles. The Hall–Kier alpha value is -2.08. The molecule has 3 heterocycles. The van der Waals surface area contributed by atoms with Crippen molar-refractivity contribution in [3.63, 3.8) is 0 Å². The van der Waals surface area contributed by atoms with Crippen LogP contribution in [-0.4, -0.2) is 42.1 Å². The van der Waals surface area contributed by atoms with Crippen LogP contribution in [0.1, 0.15) is 16.2 Å². The molecule has 1 aliphatic heterocycles. The minimum absolute atomic E-state index is 0.160. The van der Waals surface area contributed by atoms with Crippen molar-refractivity contribution in [1.82, 2.24) is 15.2 Å². The van der Waals surface area contributed by atoms with Crippen LogP contribution < -0.4 is 10.1 Å². The number of nitrogens with zero attached hydrogens (tertiary/aromatic N) is 3. The molecule has 6 heteroatoms. The molecule has 3 rings (SSSR count). The van der Waals surface area contributed by atoms with Crippen LogP contribution in [0.3, 0.4) is 0 Å². The summed E-state index contributed by atoms with van der Waals surface area (Å²) in [6, 6.07) is 10.0. The van der Waals surface area contributed by atoms with Gasteiger partial charge >= 0.3 is 0 Å². The van der Waals surface area contributed by atoms with Gasteiger partial charge in [-0.3, -0.25) is 4.99 Å². The first-order chi connectivity index (χ1) is 11.2. The Kier molecular flexibility index (Phi) is 5.12. The fourth-order valence-electron chi connectivity index (χ4n) is 2.68. The lowest BCUT2D eigenvalue weighted by atomic mass is 10.3. The highest BCUT2D eigenvalue weighted by atomic mass is 32.1. The number of aliphatic imine (C=N–C) groups is 1. The van der Waals surface area contributed by atoms with E-state index in [9.17, 15) is 0 Å². The van der Waals surface area contributed by atoms with E-state index in [1.165, 1.54) is 9.75 Å². The molecule has 1 saturated heterocycles. The molecule has 0 aliphatic carbocycles. The summed E-state index contributed by atoms with van der Waals surface area (Å²) in [6.07, 6.45) is 2.90. The number of guanidine groups is 1. The first kappa shape index (κ1) is 15.8. The number of rotatable bonds is 4. The van der Waals surface area contributed by atoms with Crippen molar-refractivity contribution in [2.75, 3.05) is 20.1 Å². The van der Waals surface area contributed by atoms with E-state index >= 15 is 0 Å². The summed E-state index contributed by atoms with van der Waals surface area (Å²) in [6.45, 7) is 4.72. The first-order valence-electron chi connectivity index (χ1n) is 7.83. The van der Waals surface area contributed by atoms with Crippen molar-refractivity contribution in [3.8, 4) is 5.88 Å². The van der Waals surface area contributed by atoms with Gasteiger partial charge in [0.1, 0.15) is 6.10 Å². The third-order valence-electron chi connectivity index (χ3n) is 3.80. The molecule has 1 N–H and O–H groups in total. The SMILES string of the molecule is CN=C(NCc1ccc(C)s1)N1CCC(Oc2ccccn2)C1. The molecule has 0 aromatic carbocycles. The predicted molar refractivity (Wildman–Crippen MR) is 94.1 cm³/mol. The van der Waals surface area contributed by atoms with Crippen LogP contribution in [0, 0.1) is 6.92 Å². The maximum Gasteiger partial charge on any atom is 0.213 e. The Balaban J connectivity index is 1.52. The third-order valence-corrected chi connectivity index (χ3v) is 4.80. The second-order valence-electron chi connectivity index (χ2n) is 5.56. The van der Waals surface area contributed by atoms with Gasteiger partial charge in [-0.15, -0.1) is 11.3 Å². The van der Waals surface area contributed by atoms with Gasteiger partial charge in [0.05, 0.1) is 13.1 Å². The van der Waals surface area contributed by atoms with Gasteiger partial charge in [-0.05, 0) is 25.1 Å². The molecule has 0 spiro atoms. The normalized spacial score (nSPS) is 18.3. The molecular weight excluding hydrogens is 308 g/mol. The second-order valence-corrected chi connectivity index (χ2v) is 6.93. The molecule has 5 nitrogen and oxygen atoms in total. The molecule has 1 aliphatic rings. The Morgan fingerprint density at radius 2 is 2.35 bits per heavy atom. The van der Waals surface area contributed by atoms with Gasteiger partial charge in [-0.25, -0.2) is 4.98 Å². The number of ether oxygens (including phenoxy) is 1. The number of hydrogen-bond acceptors (Lipinski definition) is 4. The number of aromatic nitrogens is 1. The molecule has 0 radical (unpaired) electrons. The Labute approximate surface area is 141 Å². The fourth-order valence-corrected chi connectivity index (χ4v) is 3.51. The molecule has 0 bridgehead atoms. The first-order valence-corrected chi connectivity index (χ1v) is 8.65. The number of aryl methyl sites for hydroxylation is 1. The fraction of sp³-hybridized carbons (Fsp3) is 0.412. The van der Waals surface area contributed by atoms with Crippen LogP contribution >= 0.6 is 11.3 Å². The Morgan fingerprint density at radius 3 is 3.04 bits per heavy atom. The summed E-state index contributed by atoms with van der Waals surface area (Å²) < 4.78 is 5.93. The quantitative estimate of drug-likeness (QED) is 0.692. The molecule has 1 atom stereocenters. The van der Waals surface area contributed by atoms with Gasteiger partial charge in [-0.2, -0.15) is 0 Å². The zero-order chi connectivity index (χ0) is 16.1. The van der Waals surface area contributed by atoms with E-state index in [0.717, 1.165) is 32.0 Å². The zero-order valence-corrected chi connectivity index (χ0v) is 14.3. The van der Waals surface area contributed by atoms with Crippen molar-refractivity contribution >= 4 is 17.3 Å². The van der Waals surface area contributed by atoms with Crippen LogP contribution in [0.25, 0.3) is 0 Å². The van der Waals surface area contributed by atoms with Gasteiger partial charge in [0.25, 0.3) is 0 Å². The maximum atomic E-state index is 5.93. The van der Waals surface area contributed by atoms with E-state index in [4.69, 9.17) is 4.74 Å². The lowest BCUT2D eigenvalue weighted by Crippen LogP contribution is -2.40. The third kappa shape index (κ3) is 4.22. The van der Waals surface area contributed by atoms with Crippen LogP contribution in [0.5, 0.6) is 5.88 Å².